The van der Waals surface area contributed by atoms with Gasteiger partial charge in [-0.15, -0.1) is 0 Å². The minimum atomic E-state index is -0.791. The van der Waals surface area contributed by atoms with Gasteiger partial charge in [-0.25, -0.2) is 0 Å². The van der Waals surface area contributed by atoms with Crippen LogP contribution in [0.25, 0.3) is 0 Å². The Hall–Kier alpha value is -1.65. The summed E-state index contributed by atoms with van der Waals surface area (Å²) in [4.78, 5) is 37.3. The largest absolute Gasteiger partial charge is 0.481 e. The fraction of sp³-hybridized carbons (Fsp3) is 0.706. The minimum absolute atomic E-state index is 0.0259. The summed E-state index contributed by atoms with van der Waals surface area (Å²) in [6.45, 7) is 0.457. The van der Waals surface area contributed by atoms with E-state index in [2.05, 4.69) is 12.2 Å². The van der Waals surface area contributed by atoms with Gasteiger partial charge in [0.1, 0.15) is 0 Å². The Morgan fingerprint density at radius 1 is 1.05 bits per heavy atom. The number of allylic oxidation sites excluding steroid dienone is 2. The fourth-order valence-corrected chi connectivity index (χ4v) is 4.96. The summed E-state index contributed by atoms with van der Waals surface area (Å²) in [7, 11) is 0. The minimum Gasteiger partial charge on any atom is -0.481 e. The summed E-state index contributed by atoms with van der Waals surface area (Å²) < 4.78 is 0. The van der Waals surface area contributed by atoms with Crippen LogP contribution in [-0.4, -0.2) is 34.3 Å². The van der Waals surface area contributed by atoms with Crippen molar-refractivity contribution >= 4 is 17.8 Å². The maximum Gasteiger partial charge on any atom is 0.303 e. The molecule has 0 radical (unpaired) electrons. The van der Waals surface area contributed by atoms with Crippen molar-refractivity contribution in [3.8, 4) is 0 Å². The summed E-state index contributed by atoms with van der Waals surface area (Å²) >= 11 is 0. The molecule has 2 bridgehead atoms. The molecule has 118 valence electrons. The molecule has 4 aliphatic carbocycles. The van der Waals surface area contributed by atoms with E-state index in [0.717, 1.165) is 6.42 Å². The van der Waals surface area contributed by atoms with Crippen molar-refractivity contribution in [1.29, 1.82) is 0 Å². The van der Waals surface area contributed by atoms with E-state index < -0.39 is 5.97 Å². The van der Waals surface area contributed by atoms with Crippen LogP contribution in [-0.2, 0) is 14.4 Å². The van der Waals surface area contributed by atoms with Crippen LogP contribution in [0.5, 0.6) is 0 Å². The molecule has 5 nitrogen and oxygen atoms in total. The van der Waals surface area contributed by atoms with Gasteiger partial charge in [0.2, 0.25) is 11.8 Å². The van der Waals surface area contributed by atoms with Gasteiger partial charge in [0.05, 0.1) is 11.8 Å². The highest BCUT2D eigenvalue weighted by Crippen LogP contribution is 2.65. The number of hydrogen-bond donors (Lipinski definition) is 1. The van der Waals surface area contributed by atoms with Crippen molar-refractivity contribution in [3.63, 3.8) is 0 Å². The summed E-state index contributed by atoms with van der Waals surface area (Å²) in [5.74, 6) is 0.904. The van der Waals surface area contributed by atoms with E-state index in [4.69, 9.17) is 5.11 Å². The van der Waals surface area contributed by atoms with Crippen molar-refractivity contribution < 1.29 is 19.5 Å². The number of carbonyl (C=O) groups excluding carboxylic acids is 2. The summed E-state index contributed by atoms with van der Waals surface area (Å²) in [5.41, 5.74) is 0. The molecule has 1 aliphatic heterocycles. The number of aliphatic carboxylic acids is 1. The highest BCUT2D eigenvalue weighted by atomic mass is 16.4. The average molecular weight is 303 g/mol. The van der Waals surface area contributed by atoms with E-state index in [0.29, 0.717) is 31.2 Å². The van der Waals surface area contributed by atoms with Crippen LogP contribution in [0.1, 0.15) is 32.1 Å². The van der Waals surface area contributed by atoms with Crippen molar-refractivity contribution in [2.24, 2.45) is 35.5 Å². The lowest BCUT2D eigenvalue weighted by Gasteiger charge is -2.37. The monoisotopic (exact) mass is 303 g/mol. The van der Waals surface area contributed by atoms with Gasteiger partial charge in [0, 0.05) is 13.0 Å². The first-order valence-electron chi connectivity index (χ1n) is 8.35. The predicted octanol–water partition coefficient (Wildman–Crippen LogP) is 1.68. The lowest BCUT2D eigenvalue weighted by molar-refractivity contribution is -0.141. The number of likely N-dealkylation sites (tertiary alicyclic amines) is 1. The highest BCUT2D eigenvalue weighted by Gasteiger charge is 2.66. The van der Waals surface area contributed by atoms with E-state index in [1.54, 1.807) is 0 Å². The van der Waals surface area contributed by atoms with Crippen molar-refractivity contribution in [1.82, 2.24) is 4.90 Å². The average Bonchev–Trinajstić information content (AvgIpc) is 3.26. The van der Waals surface area contributed by atoms with Gasteiger partial charge in [0.25, 0.3) is 0 Å². The Morgan fingerprint density at radius 2 is 1.64 bits per heavy atom. The van der Waals surface area contributed by atoms with Crippen LogP contribution in [0, 0.1) is 35.5 Å². The smallest absolute Gasteiger partial charge is 0.303 e. The molecule has 2 saturated carbocycles. The van der Waals surface area contributed by atoms with Crippen LogP contribution < -0.4 is 0 Å². The number of carbonyl (C=O) groups is 3. The molecule has 0 aromatic rings. The summed E-state index contributed by atoms with van der Waals surface area (Å²) in [6.07, 6.45) is 7.77. The summed E-state index contributed by atoms with van der Waals surface area (Å²) in [5, 5.41) is 8.62. The Morgan fingerprint density at radius 3 is 2.18 bits per heavy atom. The molecule has 5 rings (SSSR count). The van der Waals surface area contributed by atoms with E-state index >= 15 is 0 Å². The van der Waals surface area contributed by atoms with E-state index in [9.17, 15) is 14.4 Å². The number of carboxylic acids is 1. The Labute approximate surface area is 129 Å². The number of rotatable bonds is 6. The zero-order valence-electron chi connectivity index (χ0n) is 12.5. The number of unbranched alkanes of at least 4 members (excludes halogenated alkanes) is 2. The number of amides is 2. The van der Waals surface area contributed by atoms with E-state index in [-0.39, 0.29) is 41.9 Å². The molecule has 2 amide bonds. The normalized spacial score (nSPS) is 40.8. The van der Waals surface area contributed by atoms with Crippen LogP contribution in [0.2, 0.25) is 0 Å². The molecular formula is C17H21NO4. The van der Waals surface area contributed by atoms with Crippen LogP contribution in [0.4, 0.5) is 0 Å². The zero-order chi connectivity index (χ0) is 15.4. The second kappa shape index (κ2) is 4.93. The molecule has 1 saturated heterocycles. The van der Waals surface area contributed by atoms with Gasteiger partial charge in [-0.1, -0.05) is 18.6 Å². The second-order valence-electron chi connectivity index (χ2n) is 7.19. The quantitative estimate of drug-likeness (QED) is 0.460. The maximum atomic E-state index is 12.7. The standard InChI is InChI=1S/C17H21NO4/c19-13(20)4-2-1-3-7-18-16(21)14-9-5-6-10(12-8-11(9)12)15(14)17(18)22/h5-6,9-12,14-15H,1-4,7-8H2,(H,19,20)/t9-,10-,11+,12+,14+,15+/m1/s1. The maximum absolute atomic E-state index is 12.7. The molecule has 5 aliphatic rings. The van der Waals surface area contributed by atoms with Crippen LogP contribution >= 0.6 is 0 Å². The molecule has 22 heavy (non-hydrogen) atoms. The number of carboxylic acid groups (broad SMARTS) is 1. The van der Waals surface area contributed by atoms with Crippen molar-refractivity contribution in [2.45, 2.75) is 32.1 Å². The molecule has 5 heteroatoms. The van der Waals surface area contributed by atoms with Crippen molar-refractivity contribution in [3.05, 3.63) is 12.2 Å². The third-order valence-corrected chi connectivity index (χ3v) is 6.03. The molecule has 0 unspecified atom stereocenters. The van der Waals surface area contributed by atoms with Crippen molar-refractivity contribution in [2.75, 3.05) is 6.54 Å². The van der Waals surface area contributed by atoms with Gasteiger partial charge in [-0.3, -0.25) is 19.3 Å². The van der Waals surface area contributed by atoms with Gasteiger partial charge >= 0.3 is 5.97 Å². The van der Waals surface area contributed by atoms with Gasteiger partial charge in [-0.05, 0) is 42.9 Å². The lowest BCUT2D eigenvalue weighted by atomic mass is 9.63. The molecule has 6 atom stereocenters. The second-order valence-corrected chi connectivity index (χ2v) is 7.19. The lowest BCUT2D eigenvalue weighted by Crippen LogP contribution is -2.40. The Kier molecular flexibility index (Phi) is 3.13. The van der Waals surface area contributed by atoms with Crippen LogP contribution in [0.3, 0.4) is 0 Å². The molecule has 0 aromatic carbocycles. The van der Waals surface area contributed by atoms with Crippen LogP contribution in [0.15, 0.2) is 12.2 Å². The molecule has 1 heterocycles. The van der Waals surface area contributed by atoms with E-state index in [1.165, 1.54) is 11.3 Å². The third kappa shape index (κ3) is 1.94. The van der Waals surface area contributed by atoms with Gasteiger partial charge in [0.15, 0.2) is 0 Å². The van der Waals surface area contributed by atoms with Gasteiger partial charge < -0.3 is 5.11 Å². The molecule has 3 fully saturated rings. The number of hydrogen-bond acceptors (Lipinski definition) is 3. The number of nitrogens with zero attached hydrogens (tertiary/aromatic N) is 1. The topological polar surface area (TPSA) is 74.7 Å². The Bertz CT molecular complexity index is 533. The Balaban J connectivity index is 1.39. The number of imide groups is 1. The molecule has 1 N–H and O–H groups in total. The molecular weight excluding hydrogens is 282 g/mol. The predicted molar refractivity (Wildman–Crippen MR) is 77.5 cm³/mol. The highest BCUT2D eigenvalue weighted by molar-refractivity contribution is 6.06. The van der Waals surface area contributed by atoms with E-state index in [1.807, 2.05) is 0 Å². The SMILES string of the molecule is O=C(O)CCCCCN1C(=O)[C@H]2[C@@H]3C=C[C@H]([C@@H]4C[C@@H]34)[C@@H]2C1=O. The molecule has 0 aromatic heterocycles. The zero-order valence-corrected chi connectivity index (χ0v) is 12.5. The first-order valence-corrected chi connectivity index (χ1v) is 8.35. The molecule has 0 spiro atoms. The fourth-order valence-electron chi connectivity index (χ4n) is 4.96. The summed E-state index contributed by atoms with van der Waals surface area (Å²) in [6, 6.07) is 0. The first-order chi connectivity index (χ1) is 10.6. The van der Waals surface area contributed by atoms with Gasteiger partial charge in [-0.2, -0.15) is 0 Å². The third-order valence-electron chi connectivity index (χ3n) is 6.03. The first kappa shape index (κ1) is 14.0.